The van der Waals surface area contributed by atoms with Crippen LogP contribution in [0.1, 0.15) is 69.8 Å². The van der Waals surface area contributed by atoms with Gasteiger partial charge in [0.05, 0.1) is 0 Å². The fourth-order valence-electron chi connectivity index (χ4n) is 3.84. The molecule has 2 aliphatic carbocycles. The number of hydrogen-bond acceptors (Lipinski definition) is 1. The summed E-state index contributed by atoms with van der Waals surface area (Å²) in [5.41, 5.74) is 1.55. The summed E-state index contributed by atoms with van der Waals surface area (Å²) < 4.78 is 0. The maximum Gasteiger partial charge on any atom is 0.0138 e. The van der Waals surface area contributed by atoms with Gasteiger partial charge in [0.25, 0.3) is 0 Å². The molecule has 3 unspecified atom stereocenters. The van der Waals surface area contributed by atoms with E-state index in [1.165, 1.54) is 51.4 Å². The van der Waals surface area contributed by atoms with Gasteiger partial charge in [0.2, 0.25) is 0 Å². The fourth-order valence-corrected chi connectivity index (χ4v) is 3.84. The molecule has 3 rings (SSSR count). The van der Waals surface area contributed by atoms with E-state index < -0.39 is 0 Å². The van der Waals surface area contributed by atoms with E-state index in [9.17, 15) is 0 Å². The lowest BCUT2D eigenvalue weighted by atomic mass is 9.79. The largest absolute Gasteiger partial charge is 0.311 e. The van der Waals surface area contributed by atoms with Gasteiger partial charge in [0.1, 0.15) is 0 Å². The predicted molar refractivity (Wildman–Crippen MR) is 86.0 cm³/mol. The first-order valence-electron chi connectivity index (χ1n) is 8.67. The summed E-state index contributed by atoms with van der Waals surface area (Å²) >= 11 is 0. The third kappa shape index (κ3) is 3.63. The zero-order valence-electron chi connectivity index (χ0n) is 12.9. The molecule has 0 amide bonds. The monoisotopic (exact) mass is 271 g/mol. The van der Waals surface area contributed by atoms with Gasteiger partial charge >= 0.3 is 0 Å². The summed E-state index contributed by atoms with van der Waals surface area (Å²) in [4.78, 5) is 0. The highest BCUT2D eigenvalue weighted by Crippen LogP contribution is 2.36. The van der Waals surface area contributed by atoms with Crippen LogP contribution >= 0.6 is 0 Å². The van der Waals surface area contributed by atoms with Crippen LogP contribution in [0.25, 0.3) is 0 Å². The summed E-state index contributed by atoms with van der Waals surface area (Å²) in [6, 6.07) is 12.6. The first-order chi connectivity index (χ1) is 9.86. The van der Waals surface area contributed by atoms with E-state index in [1.807, 2.05) is 0 Å². The van der Waals surface area contributed by atoms with Crippen LogP contribution < -0.4 is 5.32 Å². The molecule has 1 aromatic rings. The molecule has 0 aliphatic heterocycles. The number of hydrogen-bond donors (Lipinski definition) is 1. The number of rotatable bonds is 6. The zero-order valence-corrected chi connectivity index (χ0v) is 12.9. The van der Waals surface area contributed by atoms with Gasteiger partial charge in [-0.2, -0.15) is 0 Å². The number of benzene rings is 1. The van der Waals surface area contributed by atoms with Crippen molar-refractivity contribution in [3.63, 3.8) is 0 Å². The Labute approximate surface area is 124 Å². The van der Waals surface area contributed by atoms with Gasteiger partial charge in [-0.25, -0.2) is 0 Å². The molecular weight excluding hydrogens is 242 g/mol. The van der Waals surface area contributed by atoms with Gasteiger partial charge in [0, 0.05) is 12.1 Å². The molecule has 0 spiro atoms. The normalized spacial score (nSPS) is 28.2. The molecule has 3 atom stereocenters. The Kier molecular flexibility index (Phi) is 4.77. The van der Waals surface area contributed by atoms with Gasteiger partial charge in [-0.1, -0.05) is 62.9 Å². The van der Waals surface area contributed by atoms with Crippen molar-refractivity contribution in [2.45, 2.75) is 76.3 Å². The van der Waals surface area contributed by atoms with Crippen LogP contribution in [-0.2, 0) is 0 Å². The van der Waals surface area contributed by atoms with Crippen molar-refractivity contribution < 1.29 is 0 Å². The van der Waals surface area contributed by atoms with E-state index in [-0.39, 0.29) is 0 Å². The summed E-state index contributed by atoms with van der Waals surface area (Å²) in [6.07, 6.45) is 11.2. The minimum atomic E-state index is 0.704. The summed E-state index contributed by atoms with van der Waals surface area (Å²) in [7, 11) is 0. The van der Waals surface area contributed by atoms with Crippen LogP contribution in [0.4, 0.5) is 0 Å². The molecule has 2 saturated carbocycles. The molecule has 1 aromatic carbocycles. The topological polar surface area (TPSA) is 12.0 Å². The van der Waals surface area contributed by atoms with Crippen molar-refractivity contribution in [2.24, 2.45) is 5.92 Å². The Bertz CT molecular complexity index is 395. The van der Waals surface area contributed by atoms with Crippen LogP contribution in [0.5, 0.6) is 0 Å². The van der Waals surface area contributed by atoms with Gasteiger partial charge in [0.15, 0.2) is 0 Å². The lowest BCUT2D eigenvalue weighted by molar-refractivity contribution is 0.284. The number of nitrogens with one attached hydrogen (secondary N) is 1. The predicted octanol–water partition coefficient (Wildman–Crippen LogP) is 4.88. The minimum absolute atomic E-state index is 0.704. The maximum absolute atomic E-state index is 4.03. The van der Waals surface area contributed by atoms with Gasteiger partial charge in [-0.15, -0.1) is 0 Å². The maximum atomic E-state index is 4.03. The van der Waals surface area contributed by atoms with E-state index in [0.717, 1.165) is 17.9 Å². The van der Waals surface area contributed by atoms with Gasteiger partial charge in [-0.3, -0.25) is 0 Å². The minimum Gasteiger partial charge on any atom is -0.311 e. The average molecular weight is 271 g/mol. The Hall–Kier alpha value is -0.820. The van der Waals surface area contributed by atoms with E-state index in [0.29, 0.717) is 6.04 Å². The third-order valence-corrected chi connectivity index (χ3v) is 5.25. The molecule has 0 heterocycles. The highest BCUT2D eigenvalue weighted by molar-refractivity contribution is 5.22. The lowest BCUT2D eigenvalue weighted by Crippen LogP contribution is -2.43. The molecule has 0 radical (unpaired) electrons. The van der Waals surface area contributed by atoms with E-state index in [2.05, 4.69) is 42.6 Å². The van der Waals surface area contributed by atoms with Crippen LogP contribution in [-0.4, -0.2) is 12.1 Å². The highest BCUT2D eigenvalue weighted by Gasteiger charge is 2.30. The molecule has 2 fully saturated rings. The van der Waals surface area contributed by atoms with Crippen molar-refractivity contribution in [2.75, 3.05) is 0 Å². The molecule has 2 aliphatic rings. The average Bonchev–Trinajstić information content (AvgIpc) is 3.32. The Balaban J connectivity index is 1.65. The molecule has 0 saturated heterocycles. The van der Waals surface area contributed by atoms with Crippen LogP contribution in [0, 0.1) is 5.92 Å². The molecular formula is C19H29N. The first kappa shape index (κ1) is 14.1. The third-order valence-electron chi connectivity index (χ3n) is 5.25. The Morgan fingerprint density at radius 3 is 2.50 bits per heavy atom. The zero-order chi connectivity index (χ0) is 13.8. The van der Waals surface area contributed by atoms with E-state index in [1.54, 1.807) is 5.56 Å². The first-order valence-corrected chi connectivity index (χ1v) is 8.67. The second kappa shape index (κ2) is 6.76. The van der Waals surface area contributed by atoms with Crippen LogP contribution in [0.3, 0.4) is 0 Å². The SMILES string of the molecule is CCC(CC1CC1)NC1CCCCC1c1ccccc1. The molecule has 20 heavy (non-hydrogen) atoms. The smallest absolute Gasteiger partial charge is 0.0138 e. The quantitative estimate of drug-likeness (QED) is 0.777. The van der Waals surface area contributed by atoms with Crippen molar-refractivity contribution in [3.05, 3.63) is 35.9 Å². The van der Waals surface area contributed by atoms with Crippen molar-refractivity contribution in [3.8, 4) is 0 Å². The highest BCUT2D eigenvalue weighted by atomic mass is 15.0. The Morgan fingerprint density at radius 1 is 1.05 bits per heavy atom. The second-order valence-electron chi connectivity index (χ2n) is 6.86. The molecule has 1 heteroatoms. The lowest BCUT2D eigenvalue weighted by Gasteiger charge is -2.35. The standard InChI is InChI=1S/C19H29N/c1-2-17(14-15-12-13-15)20-19-11-7-6-10-18(19)16-8-4-3-5-9-16/h3-5,8-9,15,17-20H,2,6-7,10-14H2,1H3. The van der Waals surface area contributed by atoms with Crippen LogP contribution in [0.15, 0.2) is 30.3 Å². The molecule has 110 valence electrons. The van der Waals surface area contributed by atoms with Gasteiger partial charge in [-0.05, 0) is 43.1 Å². The molecule has 1 nitrogen and oxygen atoms in total. The molecule has 1 N–H and O–H groups in total. The van der Waals surface area contributed by atoms with Crippen molar-refractivity contribution >= 4 is 0 Å². The van der Waals surface area contributed by atoms with Crippen LogP contribution in [0.2, 0.25) is 0 Å². The molecule has 0 bridgehead atoms. The van der Waals surface area contributed by atoms with Crippen molar-refractivity contribution in [1.82, 2.24) is 5.32 Å². The molecule has 0 aromatic heterocycles. The summed E-state index contributed by atoms with van der Waals surface area (Å²) in [5.74, 6) is 1.77. The summed E-state index contributed by atoms with van der Waals surface area (Å²) in [5, 5.41) is 4.03. The fraction of sp³-hybridized carbons (Fsp3) is 0.684. The summed E-state index contributed by atoms with van der Waals surface area (Å²) in [6.45, 7) is 2.35. The van der Waals surface area contributed by atoms with E-state index >= 15 is 0 Å². The second-order valence-corrected chi connectivity index (χ2v) is 6.86. The van der Waals surface area contributed by atoms with E-state index in [4.69, 9.17) is 0 Å². The van der Waals surface area contributed by atoms with Crippen molar-refractivity contribution in [1.29, 1.82) is 0 Å². The Morgan fingerprint density at radius 2 is 1.80 bits per heavy atom. The van der Waals surface area contributed by atoms with Gasteiger partial charge < -0.3 is 5.32 Å².